The molecule has 2 N–H and O–H groups in total. The maximum absolute atomic E-state index is 13.1. The monoisotopic (exact) mass is 487 g/mol. The van der Waals surface area contributed by atoms with Crippen molar-refractivity contribution in [1.29, 1.82) is 0 Å². The van der Waals surface area contributed by atoms with Crippen LogP contribution in [0.3, 0.4) is 0 Å². The first-order valence-electron chi connectivity index (χ1n) is 8.70. The summed E-state index contributed by atoms with van der Waals surface area (Å²) in [5.41, 5.74) is 1.64. The van der Waals surface area contributed by atoms with E-state index in [-0.39, 0.29) is 17.0 Å². The van der Waals surface area contributed by atoms with Gasteiger partial charge in [0.2, 0.25) is 5.91 Å². The molecule has 2 aromatic rings. The van der Waals surface area contributed by atoms with Gasteiger partial charge in [-0.05, 0) is 54.2 Å². The molecule has 2 heterocycles. The second kappa shape index (κ2) is 7.96. The standard InChI is InChI=1S/C20H14BrN3O5S/c1-29-12-5-3-11(4-6-12)22-15(25)9-24-14-7-2-10(21)8-13(14)16(19(24)27)17-18(26)23-20(28)30-17/h2-8H,9H2,1H3,(H,22,25)(H,23,26,28)/b17-16+. The Labute approximate surface area is 183 Å². The number of anilines is 2. The largest absolute Gasteiger partial charge is 0.497 e. The average molecular weight is 488 g/mol. The molecular weight excluding hydrogens is 474 g/mol. The molecule has 152 valence electrons. The van der Waals surface area contributed by atoms with E-state index in [1.807, 2.05) is 0 Å². The highest BCUT2D eigenvalue weighted by Crippen LogP contribution is 2.43. The molecule has 0 spiro atoms. The number of carbonyl (C=O) groups excluding carboxylic acids is 4. The lowest BCUT2D eigenvalue weighted by Crippen LogP contribution is -2.35. The number of amides is 4. The van der Waals surface area contributed by atoms with Gasteiger partial charge < -0.3 is 10.1 Å². The van der Waals surface area contributed by atoms with Crippen LogP contribution in [0.5, 0.6) is 5.75 Å². The summed E-state index contributed by atoms with van der Waals surface area (Å²) in [4.78, 5) is 50.8. The molecule has 1 fully saturated rings. The Kier molecular flexibility index (Phi) is 5.35. The maximum atomic E-state index is 13.1. The Morgan fingerprint density at radius 1 is 1.17 bits per heavy atom. The topological polar surface area (TPSA) is 105 Å². The Morgan fingerprint density at radius 2 is 1.90 bits per heavy atom. The number of ether oxygens (including phenoxy) is 1. The summed E-state index contributed by atoms with van der Waals surface area (Å²) < 4.78 is 5.79. The minimum Gasteiger partial charge on any atom is -0.497 e. The van der Waals surface area contributed by atoms with Crippen LogP contribution in [-0.4, -0.2) is 36.6 Å². The summed E-state index contributed by atoms with van der Waals surface area (Å²) in [6, 6.07) is 11.9. The molecule has 0 radical (unpaired) electrons. The molecule has 4 amide bonds. The van der Waals surface area contributed by atoms with E-state index in [0.29, 0.717) is 38.9 Å². The lowest BCUT2D eigenvalue weighted by molar-refractivity contribution is -0.118. The molecule has 0 aromatic heterocycles. The third-order valence-corrected chi connectivity index (χ3v) is 5.87. The normalized spacial score (nSPS) is 17.8. The van der Waals surface area contributed by atoms with Gasteiger partial charge in [-0.2, -0.15) is 0 Å². The summed E-state index contributed by atoms with van der Waals surface area (Å²) in [6.07, 6.45) is 0. The molecule has 0 unspecified atom stereocenters. The summed E-state index contributed by atoms with van der Waals surface area (Å²) in [5.74, 6) is -0.891. The van der Waals surface area contributed by atoms with Gasteiger partial charge in [0.25, 0.3) is 17.1 Å². The Balaban J connectivity index is 1.63. The zero-order valence-corrected chi connectivity index (χ0v) is 17.9. The molecule has 0 atom stereocenters. The van der Waals surface area contributed by atoms with E-state index in [2.05, 4.69) is 26.6 Å². The van der Waals surface area contributed by atoms with E-state index in [9.17, 15) is 19.2 Å². The highest BCUT2D eigenvalue weighted by Gasteiger charge is 2.40. The molecule has 4 rings (SSSR count). The molecule has 0 bridgehead atoms. The predicted octanol–water partition coefficient (Wildman–Crippen LogP) is 3.14. The van der Waals surface area contributed by atoms with Crippen molar-refractivity contribution in [3.8, 4) is 5.75 Å². The first-order valence-corrected chi connectivity index (χ1v) is 10.3. The van der Waals surface area contributed by atoms with Gasteiger partial charge in [0.05, 0.1) is 23.3 Å². The van der Waals surface area contributed by atoms with Crippen molar-refractivity contribution in [2.75, 3.05) is 23.9 Å². The van der Waals surface area contributed by atoms with Crippen LogP contribution in [0.15, 0.2) is 51.8 Å². The fourth-order valence-corrected chi connectivity index (χ4v) is 4.31. The molecule has 0 saturated carbocycles. The van der Waals surface area contributed by atoms with Crippen molar-refractivity contribution in [2.24, 2.45) is 0 Å². The molecule has 10 heteroatoms. The van der Waals surface area contributed by atoms with Crippen LogP contribution in [-0.2, 0) is 14.4 Å². The number of hydrogen-bond acceptors (Lipinski definition) is 6. The van der Waals surface area contributed by atoms with Crippen LogP contribution >= 0.6 is 27.7 Å². The molecule has 0 aliphatic carbocycles. The molecule has 1 saturated heterocycles. The number of nitrogens with one attached hydrogen (secondary N) is 2. The zero-order chi connectivity index (χ0) is 21.4. The number of rotatable bonds is 4. The number of carbonyl (C=O) groups is 4. The van der Waals surface area contributed by atoms with Gasteiger partial charge in [0.1, 0.15) is 12.3 Å². The highest BCUT2D eigenvalue weighted by atomic mass is 79.9. The van der Waals surface area contributed by atoms with E-state index < -0.39 is 23.0 Å². The first-order chi connectivity index (χ1) is 14.4. The van der Waals surface area contributed by atoms with Gasteiger partial charge >= 0.3 is 0 Å². The number of imide groups is 1. The van der Waals surface area contributed by atoms with Gasteiger partial charge in [-0.3, -0.25) is 29.4 Å². The number of halogens is 1. The van der Waals surface area contributed by atoms with Crippen molar-refractivity contribution < 1.29 is 23.9 Å². The minimum atomic E-state index is -0.621. The first kappa shape index (κ1) is 20.2. The molecule has 8 nitrogen and oxygen atoms in total. The zero-order valence-electron chi connectivity index (χ0n) is 15.5. The summed E-state index contributed by atoms with van der Waals surface area (Å²) in [7, 11) is 1.55. The van der Waals surface area contributed by atoms with Gasteiger partial charge in [-0.15, -0.1) is 0 Å². The quantitative estimate of drug-likeness (QED) is 0.641. The van der Waals surface area contributed by atoms with Crippen molar-refractivity contribution in [3.63, 3.8) is 0 Å². The highest BCUT2D eigenvalue weighted by molar-refractivity contribution is 9.10. The molecule has 30 heavy (non-hydrogen) atoms. The van der Waals surface area contributed by atoms with E-state index in [0.717, 1.165) is 0 Å². The minimum absolute atomic E-state index is 0.0300. The molecule has 2 aliphatic heterocycles. The van der Waals surface area contributed by atoms with Crippen LogP contribution in [0.2, 0.25) is 0 Å². The van der Waals surface area contributed by atoms with E-state index in [1.54, 1.807) is 49.6 Å². The fraction of sp³-hybridized carbons (Fsp3) is 0.100. The summed E-state index contributed by atoms with van der Waals surface area (Å²) in [5, 5.41) is 4.35. The number of thioether (sulfide) groups is 1. The Bertz CT molecular complexity index is 1130. The van der Waals surface area contributed by atoms with Crippen molar-refractivity contribution in [2.45, 2.75) is 0 Å². The van der Waals surface area contributed by atoms with Gasteiger partial charge in [0, 0.05) is 15.7 Å². The van der Waals surface area contributed by atoms with E-state index >= 15 is 0 Å². The van der Waals surface area contributed by atoms with Crippen LogP contribution in [0.4, 0.5) is 16.2 Å². The van der Waals surface area contributed by atoms with Crippen molar-refractivity contribution >= 4 is 67.6 Å². The number of hydrogen-bond donors (Lipinski definition) is 2. The van der Waals surface area contributed by atoms with Crippen LogP contribution in [0.25, 0.3) is 5.57 Å². The fourth-order valence-electron chi connectivity index (χ4n) is 3.18. The number of nitrogens with zero attached hydrogens (tertiary/aromatic N) is 1. The van der Waals surface area contributed by atoms with E-state index in [4.69, 9.17) is 4.74 Å². The Morgan fingerprint density at radius 3 is 2.53 bits per heavy atom. The molecular formula is C20H14BrN3O5S. The number of fused-ring (bicyclic) bond motifs is 1. The average Bonchev–Trinajstić information content (AvgIpc) is 3.17. The SMILES string of the molecule is COc1ccc(NC(=O)CN2C(=O)/C(=C3/SC(=O)NC3=O)c3cc(Br)ccc32)cc1. The second-order valence-corrected chi connectivity index (χ2v) is 8.28. The van der Waals surface area contributed by atoms with Gasteiger partial charge in [-0.25, -0.2) is 0 Å². The van der Waals surface area contributed by atoms with Gasteiger partial charge in [0.15, 0.2) is 0 Å². The third kappa shape index (κ3) is 3.71. The van der Waals surface area contributed by atoms with Crippen LogP contribution in [0, 0.1) is 0 Å². The number of methoxy groups -OCH3 is 1. The smallest absolute Gasteiger partial charge is 0.290 e. The van der Waals surface area contributed by atoms with Crippen LogP contribution in [0.1, 0.15) is 5.56 Å². The van der Waals surface area contributed by atoms with Gasteiger partial charge in [-0.1, -0.05) is 15.9 Å². The lowest BCUT2D eigenvalue weighted by Gasteiger charge is -2.17. The lowest BCUT2D eigenvalue weighted by atomic mass is 10.1. The van der Waals surface area contributed by atoms with Crippen molar-refractivity contribution in [3.05, 3.63) is 57.4 Å². The summed E-state index contributed by atoms with van der Waals surface area (Å²) in [6.45, 7) is -0.253. The second-order valence-electron chi connectivity index (χ2n) is 6.38. The van der Waals surface area contributed by atoms with Crippen molar-refractivity contribution in [1.82, 2.24) is 5.32 Å². The molecule has 2 aliphatic rings. The Hall–Kier alpha value is -3.11. The number of benzene rings is 2. The van der Waals surface area contributed by atoms with Crippen LogP contribution < -0.4 is 20.3 Å². The molecule has 2 aromatic carbocycles. The third-order valence-electron chi connectivity index (χ3n) is 4.50. The summed E-state index contributed by atoms with van der Waals surface area (Å²) >= 11 is 4.03. The predicted molar refractivity (Wildman–Crippen MR) is 116 cm³/mol. The van der Waals surface area contributed by atoms with E-state index in [1.165, 1.54) is 4.90 Å². The maximum Gasteiger partial charge on any atom is 0.290 e.